The summed E-state index contributed by atoms with van der Waals surface area (Å²) in [6.07, 6.45) is 11.0. The molecule has 9 heteroatoms. The van der Waals surface area contributed by atoms with Crippen molar-refractivity contribution in [2.45, 2.75) is 55.9 Å². The number of benzene rings is 1. The summed E-state index contributed by atoms with van der Waals surface area (Å²) in [6.45, 7) is 0. The molecule has 186 valence electrons. The number of fused-ring (bicyclic) bond motifs is 1. The van der Waals surface area contributed by atoms with Gasteiger partial charge in [0.1, 0.15) is 17.5 Å². The summed E-state index contributed by atoms with van der Waals surface area (Å²) in [5.74, 6) is -3.61. The number of carbonyl (C=O) groups excluding carboxylic acids is 3. The van der Waals surface area contributed by atoms with Crippen LogP contribution < -0.4 is 15.5 Å². The number of nitrogens with zero attached hydrogens (tertiary/aromatic N) is 2. The van der Waals surface area contributed by atoms with Gasteiger partial charge >= 0.3 is 0 Å². The highest BCUT2D eigenvalue weighted by molar-refractivity contribution is 6.11. The number of carbonyl (C=O) groups is 3. The lowest BCUT2D eigenvalue weighted by molar-refractivity contribution is -0.129. The molecular weight excluding hydrogens is 463 g/mol. The molecular formula is C27H27FN4O4. The zero-order chi connectivity index (χ0) is 24.9. The van der Waals surface area contributed by atoms with E-state index in [-0.39, 0.29) is 23.5 Å². The van der Waals surface area contributed by atoms with Crippen molar-refractivity contribution in [2.75, 3.05) is 10.2 Å². The van der Waals surface area contributed by atoms with Crippen molar-refractivity contribution < 1.29 is 23.5 Å². The molecule has 2 aromatic rings. The van der Waals surface area contributed by atoms with Gasteiger partial charge in [-0.05, 0) is 37.1 Å². The fourth-order valence-electron chi connectivity index (χ4n) is 6.25. The summed E-state index contributed by atoms with van der Waals surface area (Å²) in [4.78, 5) is 46.7. The van der Waals surface area contributed by atoms with Gasteiger partial charge in [0.2, 0.25) is 17.7 Å². The summed E-state index contributed by atoms with van der Waals surface area (Å²) in [7, 11) is 0. The standard InChI is InChI=1S/C27H27FN4O4/c28-18-10-4-5-11-19(18)31-24(33)21-20-12-13-27(36-20)22(21)26(35)32(17-9-6-14-29-15-17)23(27)25(34)30-16-7-2-1-3-8-16/h4-6,9-16,20-23H,1-3,7-8H2,(H,30,34)(H,31,33)/t20-,21-,22+,23+,27-/m1/s1. The minimum atomic E-state index is -1.30. The number of aromatic nitrogens is 1. The van der Waals surface area contributed by atoms with E-state index in [4.69, 9.17) is 4.74 Å². The Morgan fingerprint density at radius 2 is 1.89 bits per heavy atom. The number of amides is 3. The van der Waals surface area contributed by atoms with Crippen LogP contribution in [0.1, 0.15) is 32.1 Å². The third kappa shape index (κ3) is 3.52. The van der Waals surface area contributed by atoms with Gasteiger partial charge in [0.15, 0.2) is 0 Å². The van der Waals surface area contributed by atoms with E-state index in [0.717, 1.165) is 32.1 Å². The lowest BCUT2D eigenvalue weighted by atomic mass is 9.74. The highest BCUT2D eigenvalue weighted by atomic mass is 19.1. The van der Waals surface area contributed by atoms with Gasteiger partial charge in [0.25, 0.3) is 0 Å². The number of hydrogen-bond donors (Lipinski definition) is 2. The Morgan fingerprint density at radius 3 is 2.64 bits per heavy atom. The van der Waals surface area contributed by atoms with Crippen molar-refractivity contribution in [1.29, 1.82) is 0 Å². The minimum Gasteiger partial charge on any atom is -0.359 e. The van der Waals surface area contributed by atoms with Crippen LogP contribution in [0.3, 0.4) is 0 Å². The third-order valence-corrected chi connectivity index (χ3v) is 7.83. The average molecular weight is 491 g/mol. The lowest BCUT2D eigenvalue weighted by Gasteiger charge is -2.34. The van der Waals surface area contributed by atoms with Crippen molar-refractivity contribution in [3.05, 3.63) is 66.8 Å². The molecule has 1 spiro atoms. The molecule has 2 saturated heterocycles. The molecule has 8 nitrogen and oxygen atoms in total. The van der Waals surface area contributed by atoms with Crippen LogP contribution in [0.4, 0.5) is 15.8 Å². The number of para-hydroxylation sites is 1. The van der Waals surface area contributed by atoms with Crippen LogP contribution in [0.15, 0.2) is 60.9 Å². The first-order chi connectivity index (χ1) is 17.5. The molecule has 1 saturated carbocycles. The van der Waals surface area contributed by atoms with E-state index in [0.29, 0.717) is 5.69 Å². The Bertz CT molecular complexity index is 1230. The molecule has 4 aliphatic rings. The monoisotopic (exact) mass is 490 g/mol. The molecule has 5 atom stereocenters. The van der Waals surface area contributed by atoms with Crippen molar-refractivity contribution in [3.63, 3.8) is 0 Å². The van der Waals surface area contributed by atoms with Crippen LogP contribution in [-0.4, -0.2) is 46.5 Å². The summed E-state index contributed by atoms with van der Waals surface area (Å²) < 4.78 is 20.6. The number of halogens is 1. The molecule has 1 aromatic heterocycles. The maximum absolute atomic E-state index is 14.2. The zero-order valence-electron chi connectivity index (χ0n) is 19.6. The van der Waals surface area contributed by atoms with Crippen LogP contribution in [-0.2, 0) is 19.1 Å². The molecule has 2 bridgehead atoms. The molecule has 6 rings (SSSR count). The van der Waals surface area contributed by atoms with E-state index in [9.17, 15) is 18.8 Å². The summed E-state index contributed by atoms with van der Waals surface area (Å²) in [5.41, 5.74) is -0.804. The number of rotatable bonds is 5. The minimum absolute atomic E-state index is 0.0319. The number of hydrogen-bond acceptors (Lipinski definition) is 5. The first kappa shape index (κ1) is 22.8. The third-order valence-electron chi connectivity index (χ3n) is 7.83. The fraction of sp³-hybridized carbons (Fsp3) is 0.407. The predicted octanol–water partition coefficient (Wildman–Crippen LogP) is 2.96. The second-order valence-electron chi connectivity index (χ2n) is 9.93. The number of anilines is 2. The zero-order valence-corrected chi connectivity index (χ0v) is 19.6. The molecule has 0 unspecified atom stereocenters. The second kappa shape index (κ2) is 8.81. The van der Waals surface area contributed by atoms with E-state index in [1.165, 1.54) is 29.3 Å². The van der Waals surface area contributed by atoms with E-state index < -0.39 is 41.3 Å². The molecule has 3 fully saturated rings. The Hall–Kier alpha value is -3.59. The molecule has 3 aliphatic heterocycles. The molecule has 4 heterocycles. The number of pyridine rings is 1. The Kier molecular flexibility index (Phi) is 5.59. The number of nitrogens with one attached hydrogen (secondary N) is 2. The first-order valence-corrected chi connectivity index (χ1v) is 12.5. The average Bonchev–Trinajstić information content (AvgIpc) is 3.54. The van der Waals surface area contributed by atoms with Gasteiger partial charge in [0.05, 0.1) is 35.5 Å². The van der Waals surface area contributed by atoms with Gasteiger partial charge in [-0.1, -0.05) is 43.5 Å². The van der Waals surface area contributed by atoms with E-state index in [1.807, 2.05) is 0 Å². The molecule has 0 radical (unpaired) electrons. The maximum Gasteiger partial charge on any atom is 0.246 e. The van der Waals surface area contributed by atoms with E-state index >= 15 is 0 Å². The van der Waals surface area contributed by atoms with Gasteiger partial charge in [-0.25, -0.2) is 4.39 Å². The second-order valence-corrected chi connectivity index (χ2v) is 9.93. The van der Waals surface area contributed by atoms with Crippen LogP contribution in [0.25, 0.3) is 0 Å². The quantitative estimate of drug-likeness (QED) is 0.628. The maximum atomic E-state index is 14.2. The number of ether oxygens (including phenoxy) is 1. The molecule has 1 aliphatic carbocycles. The van der Waals surface area contributed by atoms with Gasteiger partial charge in [-0.15, -0.1) is 0 Å². The van der Waals surface area contributed by atoms with Gasteiger partial charge in [-0.2, -0.15) is 0 Å². The molecule has 3 amide bonds. The van der Waals surface area contributed by atoms with Gasteiger partial charge in [0, 0.05) is 12.2 Å². The Labute approximate surface area is 207 Å². The molecule has 2 N–H and O–H groups in total. The predicted molar refractivity (Wildman–Crippen MR) is 129 cm³/mol. The highest BCUT2D eigenvalue weighted by Crippen LogP contribution is 2.56. The molecule has 36 heavy (non-hydrogen) atoms. The van der Waals surface area contributed by atoms with E-state index in [2.05, 4.69) is 15.6 Å². The largest absolute Gasteiger partial charge is 0.359 e. The first-order valence-electron chi connectivity index (χ1n) is 12.5. The van der Waals surface area contributed by atoms with Crippen molar-refractivity contribution in [2.24, 2.45) is 11.8 Å². The van der Waals surface area contributed by atoms with E-state index in [1.54, 1.807) is 36.5 Å². The topological polar surface area (TPSA) is 101 Å². The normalized spacial score (nSPS) is 30.9. The summed E-state index contributed by atoms with van der Waals surface area (Å²) in [5, 5.41) is 5.77. The lowest BCUT2D eigenvalue weighted by Crippen LogP contribution is -2.56. The Morgan fingerprint density at radius 1 is 1.08 bits per heavy atom. The highest BCUT2D eigenvalue weighted by Gasteiger charge is 2.73. The van der Waals surface area contributed by atoms with Crippen LogP contribution in [0.2, 0.25) is 0 Å². The fourth-order valence-corrected chi connectivity index (χ4v) is 6.25. The van der Waals surface area contributed by atoms with Gasteiger partial charge < -0.3 is 15.4 Å². The SMILES string of the molecule is O=C(Nc1ccccc1F)[C@H]1[C@H]2C(=O)N(c3cccnc3)[C@@H](C(=O)NC3CCCCC3)[C@@]23C=C[C@H]1O3. The van der Waals surface area contributed by atoms with Crippen molar-refractivity contribution in [3.8, 4) is 0 Å². The smallest absolute Gasteiger partial charge is 0.246 e. The van der Waals surface area contributed by atoms with Crippen LogP contribution in [0.5, 0.6) is 0 Å². The summed E-state index contributed by atoms with van der Waals surface area (Å²) in [6, 6.07) is 8.33. The summed E-state index contributed by atoms with van der Waals surface area (Å²) >= 11 is 0. The van der Waals surface area contributed by atoms with Crippen LogP contribution in [0, 0.1) is 17.7 Å². The Balaban J connectivity index is 1.36. The van der Waals surface area contributed by atoms with Gasteiger partial charge in [-0.3, -0.25) is 24.3 Å². The van der Waals surface area contributed by atoms with Crippen LogP contribution >= 0.6 is 0 Å². The van der Waals surface area contributed by atoms with Crippen molar-refractivity contribution in [1.82, 2.24) is 10.3 Å². The molecule has 1 aromatic carbocycles. The van der Waals surface area contributed by atoms with Crippen molar-refractivity contribution >= 4 is 29.1 Å².